The molecule has 1 fully saturated rings. The number of nitrogens with one attached hydrogen (secondary N) is 1. The number of hydrogen-bond acceptors (Lipinski definition) is 3. The number of alkyl halides is 6. The van der Waals surface area contributed by atoms with Crippen molar-refractivity contribution >= 4 is 12.1 Å². The van der Waals surface area contributed by atoms with Gasteiger partial charge in [-0.05, 0) is 86.2 Å². The van der Waals surface area contributed by atoms with E-state index in [9.17, 15) is 45.4 Å². The lowest BCUT2D eigenvalue weighted by molar-refractivity contribution is -0.143. The maximum absolute atomic E-state index is 14.0. The maximum Gasteiger partial charge on any atom is 0.416 e. The van der Waals surface area contributed by atoms with Crippen LogP contribution >= 0.6 is 0 Å². The minimum atomic E-state index is -5.06. The van der Waals surface area contributed by atoms with Gasteiger partial charge in [0.25, 0.3) is 0 Å². The van der Waals surface area contributed by atoms with Crippen molar-refractivity contribution in [2.45, 2.75) is 63.1 Å². The molecule has 3 rings (SSSR count). The second kappa shape index (κ2) is 12.7. The topological polar surface area (TPSA) is 82.1 Å². The van der Waals surface area contributed by atoms with E-state index in [1.807, 2.05) is 0 Å². The highest BCUT2D eigenvalue weighted by Gasteiger charge is 2.44. The molecule has 0 aliphatic carbocycles. The van der Waals surface area contributed by atoms with Gasteiger partial charge in [-0.3, -0.25) is 0 Å². The number of aryl methyl sites for hydroxylation is 1. The van der Waals surface area contributed by atoms with Crippen molar-refractivity contribution in [3.05, 3.63) is 82.4 Å². The summed E-state index contributed by atoms with van der Waals surface area (Å²) >= 11 is 0. The second-order valence-electron chi connectivity index (χ2n) is 10.6. The summed E-state index contributed by atoms with van der Waals surface area (Å²) in [6.45, 7) is 2.89. The van der Waals surface area contributed by atoms with E-state index in [-0.39, 0.29) is 37.4 Å². The van der Waals surface area contributed by atoms with Gasteiger partial charge in [-0.2, -0.15) is 26.3 Å². The molecule has 0 aromatic heterocycles. The fraction of sp³-hybridized carbons (Fsp3) is 0.448. The number of halogens is 7. The van der Waals surface area contributed by atoms with E-state index in [4.69, 9.17) is 4.74 Å². The SMILES string of the molecule is CO/C=C\C[C@]1(NC(=O)O)CCN(C(=O)N(C)[C@H](C)c2cc(C(F)(F)F)cc(C(F)(F)F)c2)[C@@H](c2ccc(F)cc2C)C1. The van der Waals surface area contributed by atoms with Crippen molar-refractivity contribution in [3.8, 4) is 0 Å². The van der Waals surface area contributed by atoms with Crippen LogP contribution in [0.1, 0.15) is 66.1 Å². The summed E-state index contributed by atoms with van der Waals surface area (Å²) in [6, 6.07) is 2.29. The Morgan fingerprint density at radius 1 is 1.14 bits per heavy atom. The van der Waals surface area contributed by atoms with Crippen molar-refractivity contribution in [2.75, 3.05) is 20.7 Å². The van der Waals surface area contributed by atoms with Gasteiger partial charge in [0.2, 0.25) is 0 Å². The third-order valence-electron chi connectivity index (χ3n) is 7.72. The summed E-state index contributed by atoms with van der Waals surface area (Å²) in [6.07, 6.45) is -8.10. The smallest absolute Gasteiger partial charge is 0.416 e. The van der Waals surface area contributed by atoms with E-state index < -0.39 is 59.0 Å². The number of nitrogens with zero attached hydrogens (tertiary/aromatic N) is 2. The second-order valence-corrected chi connectivity index (χ2v) is 10.6. The van der Waals surface area contributed by atoms with Gasteiger partial charge in [0.05, 0.1) is 42.1 Å². The number of urea groups is 1. The highest BCUT2D eigenvalue weighted by atomic mass is 19.4. The van der Waals surface area contributed by atoms with E-state index >= 15 is 0 Å². The Balaban J connectivity index is 2.04. The molecule has 1 aliphatic rings. The van der Waals surface area contributed by atoms with Gasteiger partial charge < -0.3 is 25.0 Å². The molecule has 1 saturated heterocycles. The molecule has 7 nitrogen and oxygen atoms in total. The monoisotopic (exact) mass is 619 g/mol. The first kappa shape index (κ1) is 33.5. The lowest BCUT2D eigenvalue weighted by atomic mass is 9.77. The van der Waals surface area contributed by atoms with Crippen molar-refractivity contribution < 1.29 is 50.2 Å². The summed E-state index contributed by atoms with van der Waals surface area (Å²) in [5, 5.41) is 12.1. The van der Waals surface area contributed by atoms with Crippen LogP contribution < -0.4 is 5.32 Å². The minimum absolute atomic E-state index is 0.0169. The highest BCUT2D eigenvalue weighted by Crippen LogP contribution is 2.42. The van der Waals surface area contributed by atoms with Gasteiger partial charge in [-0.15, -0.1) is 0 Å². The molecule has 14 heteroatoms. The number of hydrogen-bond donors (Lipinski definition) is 2. The number of methoxy groups -OCH3 is 1. The summed E-state index contributed by atoms with van der Waals surface area (Å²) in [5.74, 6) is -0.538. The van der Waals surface area contributed by atoms with Gasteiger partial charge in [-0.25, -0.2) is 14.0 Å². The molecule has 2 aromatic carbocycles. The molecule has 0 bridgehead atoms. The zero-order chi connectivity index (χ0) is 32.3. The maximum atomic E-state index is 14.0. The van der Waals surface area contributed by atoms with Crippen molar-refractivity contribution in [2.24, 2.45) is 0 Å². The lowest BCUT2D eigenvalue weighted by Gasteiger charge is -2.48. The predicted molar refractivity (Wildman–Crippen MR) is 142 cm³/mol. The van der Waals surface area contributed by atoms with Crippen LogP contribution in [-0.2, 0) is 17.1 Å². The van der Waals surface area contributed by atoms with Crippen LogP contribution in [0.25, 0.3) is 0 Å². The van der Waals surface area contributed by atoms with Gasteiger partial charge in [-0.1, -0.05) is 6.07 Å². The molecule has 3 amide bonds. The third kappa shape index (κ3) is 7.90. The van der Waals surface area contributed by atoms with Crippen LogP contribution in [0.2, 0.25) is 0 Å². The van der Waals surface area contributed by atoms with Crippen molar-refractivity contribution in [3.63, 3.8) is 0 Å². The van der Waals surface area contributed by atoms with Crippen LogP contribution in [0, 0.1) is 12.7 Å². The molecule has 0 unspecified atom stereocenters. The quantitative estimate of drug-likeness (QED) is 0.246. The Morgan fingerprint density at radius 3 is 2.26 bits per heavy atom. The number of carboxylic acid groups (broad SMARTS) is 1. The fourth-order valence-electron chi connectivity index (χ4n) is 5.35. The fourth-order valence-corrected chi connectivity index (χ4v) is 5.35. The summed E-state index contributed by atoms with van der Waals surface area (Å²) < 4.78 is 99.8. The highest BCUT2D eigenvalue weighted by molar-refractivity contribution is 5.76. The van der Waals surface area contributed by atoms with E-state index in [2.05, 4.69) is 5.32 Å². The van der Waals surface area contributed by atoms with Crippen molar-refractivity contribution in [1.29, 1.82) is 0 Å². The number of likely N-dealkylation sites (tertiary alicyclic amines) is 1. The van der Waals surface area contributed by atoms with Crippen LogP contribution in [0.3, 0.4) is 0 Å². The number of carbonyl (C=O) groups excluding carboxylic acids is 1. The largest absolute Gasteiger partial charge is 0.505 e. The molecular formula is C29H32F7N3O4. The Bertz CT molecular complexity index is 1330. The van der Waals surface area contributed by atoms with Gasteiger partial charge in [0.15, 0.2) is 0 Å². The molecule has 3 atom stereocenters. The van der Waals surface area contributed by atoms with Crippen LogP contribution in [-0.4, -0.2) is 53.3 Å². The number of carbonyl (C=O) groups is 2. The predicted octanol–water partition coefficient (Wildman–Crippen LogP) is 7.68. The van der Waals surface area contributed by atoms with Crippen LogP contribution in [0.4, 0.5) is 40.3 Å². The van der Waals surface area contributed by atoms with E-state index in [0.717, 1.165) is 4.90 Å². The Kier molecular flexibility index (Phi) is 9.92. The summed E-state index contributed by atoms with van der Waals surface area (Å²) in [7, 11) is 2.67. The number of benzene rings is 2. The summed E-state index contributed by atoms with van der Waals surface area (Å²) in [4.78, 5) is 28.1. The Hall–Kier alpha value is -3.97. The number of rotatable bonds is 7. The molecule has 43 heavy (non-hydrogen) atoms. The first-order valence-electron chi connectivity index (χ1n) is 13.2. The Morgan fingerprint density at radius 2 is 1.74 bits per heavy atom. The van der Waals surface area contributed by atoms with Gasteiger partial charge >= 0.3 is 24.5 Å². The number of ether oxygens (including phenoxy) is 1. The standard InChI is InChI=1S/C29H32F7N3O4/c1-17-12-22(30)6-7-23(17)24-16-27(37-25(40)41,8-5-11-43-4)9-10-39(24)26(42)38(3)18(2)19-13-20(28(31,32)33)15-21(14-19)29(34,35)36/h5-7,11-15,18,24,37H,8-10,16H2,1-4H3,(H,40,41)/b11-5-/t18-,24-,27+/m1/s1. The van der Waals surface area contributed by atoms with E-state index in [1.54, 1.807) is 13.0 Å². The molecule has 1 heterocycles. The average molecular weight is 620 g/mol. The van der Waals surface area contributed by atoms with Gasteiger partial charge in [0.1, 0.15) is 5.82 Å². The molecule has 2 N–H and O–H groups in total. The molecule has 0 radical (unpaired) electrons. The first-order chi connectivity index (χ1) is 19.9. The molecular weight excluding hydrogens is 587 g/mol. The average Bonchev–Trinajstić information content (AvgIpc) is 2.90. The normalized spacial score (nSPS) is 20.2. The minimum Gasteiger partial charge on any atom is -0.505 e. The third-order valence-corrected chi connectivity index (χ3v) is 7.72. The van der Waals surface area contributed by atoms with Crippen LogP contribution in [0.5, 0.6) is 0 Å². The van der Waals surface area contributed by atoms with E-state index in [1.165, 1.54) is 50.4 Å². The molecule has 0 spiro atoms. The molecule has 1 aliphatic heterocycles. The molecule has 236 valence electrons. The van der Waals surface area contributed by atoms with Gasteiger partial charge in [0, 0.05) is 13.6 Å². The zero-order valence-electron chi connectivity index (χ0n) is 23.8. The first-order valence-corrected chi connectivity index (χ1v) is 13.2. The molecule has 2 aromatic rings. The van der Waals surface area contributed by atoms with E-state index in [0.29, 0.717) is 23.3 Å². The zero-order valence-corrected chi connectivity index (χ0v) is 23.8. The number of amides is 3. The van der Waals surface area contributed by atoms with Crippen LogP contribution in [0.15, 0.2) is 48.7 Å². The molecule has 0 saturated carbocycles. The number of piperidine rings is 1. The Labute approximate surface area is 243 Å². The lowest BCUT2D eigenvalue weighted by Crippen LogP contribution is -2.58. The summed E-state index contributed by atoms with van der Waals surface area (Å²) in [5.41, 5.74) is -3.49. The van der Waals surface area contributed by atoms with Crippen molar-refractivity contribution in [1.82, 2.24) is 15.1 Å².